The topological polar surface area (TPSA) is 78.6 Å². The first kappa shape index (κ1) is 33.4. The van der Waals surface area contributed by atoms with Gasteiger partial charge < -0.3 is 4.74 Å². The molecule has 7 nitrogen and oxygen atoms in total. The summed E-state index contributed by atoms with van der Waals surface area (Å²) in [7, 11) is 0. The summed E-state index contributed by atoms with van der Waals surface area (Å²) >= 11 is 0. The van der Waals surface area contributed by atoms with E-state index in [-0.39, 0.29) is 6.71 Å². The fraction of sp³-hybridized carbons (Fsp3) is 0.0625. The Morgan fingerprint density at radius 1 is 0.500 bits per heavy atom. The van der Waals surface area contributed by atoms with Gasteiger partial charge in [-0.2, -0.15) is 4.98 Å². The molecule has 0 aliphatic carbocycles. The van der Waals surface area contributed by atoms with Gasteiger partial charge in [0.2, 0.25) is 11.8 Å². The minimum absolute atomic E-state index is 0.326. The quantitative estimate of drug-likeness (QED) is 0.154. The van der Waals surface area contributed by atoms with Gasteiger partial charge in [0, 0.05) is 51.0 Å². The molecule has 8 heteroatoms. The second-order valence-corrected chi connectivity index (χ2v) is 14.5. The SMILES string of the molecule is CC1(C)c2ccccc2B(c2nc(-c3ccccc3)nc(-c3ccccc3)n2)c2c1n(-c1ccccc1)c1nc(Oc3cccc(-c4ccccc4)n3)ccc21. The summed E-state index contributed by atoms with van der Waals surface area (Å²) in [6.45, 7) is 4.27. The number of fused-ring (bicyclic) bond motifs is 4. The molecule has 5 heterocycles. The van der Waals surface area contributed by atoms with E-state index >= 15 is 0 Å². The minimum Gasteiger partial charge on any atom is -0.421 e. The third-order valence-electron chi connectivity index (χ3n) is 10.6. The fourth-order valence-corrected chi connectivity index (χ4v) is 8.13. The van der Waals surface area contributed by atoms with Gasteiger partial charge >= 0.3 is 0 Å². The number of hydrogen-bond acceptors (Lipinski definition) is 6. The molecule has 10 rings (SSSR count). The Labute approximate surface area is 325 Å². The average Bonchev–Trinajstić information content (AvgIpc) is 3.60. The van der Waals surface area contributed by atoms with Gasteiger partial charge in [0.25, 0.3) is 6.71 Å². The van der Waals surface area contributed by atoms with Crippen molar-refractivity contribution in [2.45, 2.75) is 19.3 Å². The van der Waals surface area contributed by atoms with Crippen LogP contribution in [-0.2, 0) is 5.41 Å². The molecular weight excluding hydrogens is 687 g/mol. The standard InChI is InChI=1S/C48H35BN6O/c1-48(2)37-26-15-16-27-38(37)49(47-53-44(33-20-9-4-10-21-33)52-45(54-47)34-22-11-5-12-23-34)42-36-30-31-41(51-46(36)55(43(42)48)35-24-13-6-14-25-35)56-40-29-17-28-39(50-40)32-18-7-3-8-19-32/h3-31H,1-2H3. The average molecular weight is 723 g/mol. The van der Waals surface area contributed by atoms with Gasteiger partial charge in [-0.25, -0.2) is 19.9 Å². The molecule has 1 aliphatic heterocycles. The molecule has 0 amide bonds. The molecule has 0 spiro atoms. The van der Waals surface area contributed by atoms with E-state index in [1.165, 1.54) is 5.56 Å². The summed E-state index contributed by atoms with van der Waals surface area (Å²) in [6, 6.07) is 59.4. The minimum atomic E-state index is -0.427. The van der Waals surface area contributed by atoms with Crippen LogP contribution in [0.25, 0.3) is 50.8 Å². The van der Waals surface area contributed by atoms with Gasteiger partial charge in [-0.15, -0.1) is 0 Å². The lowest BCUT2D eigenvalue weighted by Gasteiger charge is -2.37. The Morgan fingerprint density at radius 3 is 1.73 bits per heavy atom. The van der Waals surface area contributed by atoms with Crippen LogP contribution in [0.5, 0.6) is 11.8 Å². The Hall–Kier alpha value is -7.19. The van der Waals surface area contributed by atoms with Crippen LogP contribution in [0.2, 0.25) is 0 Å². The van der Waals surface area contributed by atoms with Crippen LogP contribution < -0.4 is 21.4 Å². The second kappa shape index (κ2) is 13.6. The van der Waals surface area contributed by atoms with Crippen molar-refractivity contribution in [2.24, 2.45) is 0 Å². The smallest absolute Gasteiger partial charge is 0.293 e. The van der Waals surface area contributed by atoms with E-state index in [4.69, 9.17) is 29.7 Å². The molecular formula is C48H35BN6O. The van der Waals surface area contributed by atoms with Crippen LogP contribution in [-0.4, -0.2) is 36.2 Å². The van der Waals surface area contributed by atoms with E-state index < -0.39 is 5.41 Å². The molecule has 0 atom stereocenters. The third kappa shape index (κ3) is 5.74. The highest BCUT2D eigenvalue weighted by molar-refractivity contribution is 6.97. The third-order valence-corrected chi connectivity index (χ3v) is 10.6. The zero-order valence-electron chi connectivity index (χ0n) is 30.9. The maximum atomic E-state index is 6.46. The zero-order chi connectivity index (χ0) is 37.6. The van der Waals surface area contributed by atoms with E-state index in [1.54, 1.807) is 0 Å². The van der Waals surface area contributed by atoms with E-state index in [0.717, 1.165) is 55.7 Å². The van der Waals surface area contributed by atoms with Crippen molar-refractivity contribution in [1.29, 1.82) is 0 Å². The summed E-state index contributed by atoms with van der Waals surface area (Å²) in [5.74, 6) is 2.18. The summed E-state index contributed by atoms with van der Waals surface area (Å²) < 4.78 is 8.76. The molecule has 0 saturated carbocycles. The number of para-hydroxylation sites is 1. The van der Waals surface area contributed by atoms with Crippen LogP contribution in [0.4, 0.5) is 0 Å². The lowest BCUT2D eigenvalue weighted by molar-refractivity contribution is 0.446. The summed E-state index contributed by atoms with van der Waals surface area (Å²) in [5, 5.41) is 0.998. The number of nitrogens with zero attached hydrogens (tertiary/aromatic N) is 6. The van der Waals surface area contributed by atoms with Gasteiger partial charge in [-0.05, 0) is 35.3 Å². The van der Waals surface area contributed by atoms with Crippen molar-refractivity contribution < 1.29 is 4.74 Å². The number of ether oxygens (including phenoxy) is 1. The maximum Gasteiger partial charge on any atom is 0.293 e. The van der Waals surface area contributed by atoms with Crippen molar-refractivity contribution >= 4 is 34.4 Å². The fourth-order valence-electron chi connectivity index (χ4n) is 8.13. The van der Waals surface area contributed by atoms with Gasteiger partial charge in [-0.1, -0.05) is 159 Å². The normalized spacial score (nSPS) is 12.9. The lowest BCUT2D eigenvalue weighted by atomic mass is 9.34. The van der Waals surface area contributed by atoms with Crippen molar-refractivity contribution in [3.05, 3.63) is 187 Å². The molecule has 1 aliphatic rings. The van der Waals surface area contributed by atoms with Crippen LogP contribution in [0, 0.1) is 0 Å². The van der Waals surface area contributed by atoms with Gasteiger partial charge in [-0.3, -0.25) is 4.57 Å². The van der Waals surface area contributed by atoms with E-state index in [9.17, 15) is 0 Å². The predicted molar refractivity (Wildman–Crippen MR) is 225 cm³/mol. The second-order valence-electron chi connectivity index (χ2n) is 14.5. The zero-order valence-corrected chi connectivity index (χ0v) is 30.9. The predicted octanol–water partition coefficient (Wildman–Crippen LogP) is 8.55. The molecule has 5 aromatic carbocycles. The first-order valence-corrected chi connectivity index (χ1v) is 18.8. The number of aromatic nitrogens is 6. The van der Waals surface area contributed by atoms with Gasteiger partial charge in [0.1, 0.15) is 11.4 Å². The molecule has 0 unspecified atom stereocenters. The Morgan fingerprint density at radius 2 is 1.07 bits per heavy atom. The first-order valence-electron chi connectivity index (χ1n) is 18.8. The maximum absolute atomic E-state index is 6.46. The number of benzene rings is 5. The van der Waals surface area contributed by atoms with Crippen LogP contribution >= 0.6 is 0 Å². The summed E-state index contributed by atoms with van der Waals surface area (Å²) in [5.41, 5.74) is 10.3. The Bertz CT molecular complexity index is 2810. The highest BCUT2D eigenvalue weighted by Gasteiger charge is 2.46. The monoisotopic (exact) mass is 722 g/mol. The molecule has 0 fully saturated rings. The van der Waals surface area contributed by atoms with Crippen LogP contribution in [0.15, 0.2) is 176 Å². The number of rotatable bonds is 7. The lowest BCUT2D eigenvalue weighted by Crippen LogP contribution is -2.62. The highest BCUT2D eigenvalue weighted by Crippen LogP contribution is 2.39. The number of pyridine rings is 2. The van der Waals surface area contributed by atoms with Crippen LogP contribution in [0.3, 0.4) is 0 Å². The molecule has 9 aromatic rings. The molecule has 0 bridgehead atoms. The van der Waals surface area contributed by atoms with Crippen molar-refractivity contribution in [3.63, 3.8) is 0 Å². The van der Waals surface area contributed by atoms with Crippen molar-refractivity contribution in [1.82, 2.24) is 29.5 Å². The van der Waals surface area contributed by atoms with Crippen LogP contribution in [0.1, 0.15) is 25.1 Å². The molecule has 0 N–H and O–H groups in total. The Balaban J connectivity index is 1.22. The van der Waals surface area contributed by atoms with Gasteiger partial charge in [0.15, 0.2) is 11.6 Å². The van der Waals surface area contributed by atoms with E-state index in [0.29, 0.717) is 29.1 Å². The highest BCUT2D eigenvalue weighted by atomic mass is 16.5. The molecule has 0 saturated heterocycles. The molecule has 266 valence electrons. The largest absolute Gasteiger partial charge is 0.421 e. The first-order chi connectivity index (χ1) is 27.5. The van der Waals surface area contributed by atoms with E-state index in [1.807, 2.05) is 121 Å². The number of hydrogen-bond donors (Lipinski definition) is 0. The van der Waals surface area contributed by atoms with Crippen molar-refractivity contribution in [2.75, 3.05) is 0 Å². The van der Waals surface area contributed by atoms with Gasteiger partial charge in [0.05, 0.1) is 5.69 Å². The van der Waals surface area contributed by atoms with E-state index in [2.05, 4.69) is 73.0 Å². The summed E-state index contributed by atoms with van der Waals surface area (Å²) in [4.78, 5) is 25.8. The molecule has 56 heavy (non-hydrogen) atoms. The summed E-state index contributed by atoms with van der Waals surface area (Å²) in [6.07, 6.45) is 0. The van der Waals surface area contributed by atoms with Crippen molar-refractivity contribution in [3.8, 4) is 51.5 Å². The Kier molecular flexibility index (Phi) is 8.10. The molecule has 0 radical (unpaired) electrons. The molecule has 4 aromatic heterocycles.